The first-order valence-electron chi connectivity index (χ1n) is 5.02. The second-order valence-corrected chi connectivity index (χ2v) is 5.51. The van der Waals surface area contributed by atoms with E-state index in [2.05, 4.69) is 52.5 Å². The molecule has 0 aliphatic rings. The Labute approximate surface area is 126 Å². The van der Waals surface area contributed by atoms with Crippen LogP contribution in [0.5, 0.6) is 0 Å². The van der Waals surface area contributed by atoms with Gasteiger partial charge in [-0.3, -0.25) is 0 Å². The second kappa shape index (κ2) is 5.86. The smallest absolute Gasteiger partial charge is 0.224 e. The number of hydrogen-bond acceptors (Lipinski definition) is 4. The third-order valence-corrected chi connectivity index (χ3v) is 3.94. The molecule has 1 heterocycles. The predicted molar refractivity (Wildman–Crippen MR) is 81.7 cm³/mol. The average molecular weight is 392 g/mol. The Hall–Kier alpha value is -0.850. The van der Waals surface area contributed by atoms with E-state index >= 15 is 0 Å². The molecule has 0 aliphatic heterocycles. The van der Waals surface area contributed by atoms with Gasteiger partial charge in [0.05, 0.1) is 9.50 Å². The summed E-state index contributed by atoms with van der Waals surface area (Å²) in [5.74, 6) is 1.23. The second-order valence-electron chi connectivity index (χ2n) is 3.39. The number of halogens is 3. The number of aromatic nitrogens is 2. The van der Waals surface area contributed by atoms with Gasteiger partial charge in [0.15, 0.2) is 0 Å². The van der Waals surface area contributed by atoms with Gasteiger partial charge in [-0.05, 0) is 50.1 Å². The highest BCUT2D eigenvalue weighted by atomic mass is 79.9. The van der Waals surface area contributed by atoms with Crippen LogP contribution in [-0.4, -0.2) is 17.0 Å². The zero-order chi connectivity index (χ0) is 13.1. The number of anilines is 3. The molecule has 0 unspecified atom stereocenters. The van der Waals surface area contributed by atoms with Crippen molar-refractivity contribution in [2.45, 2.75) is 0 Å². The molecule has 0 bridgehead atoms. The fourth-order valence-corrected chi connectivity index (χ4v) is 2.07. The molecule has 94 valence electrons. The molecule has 0 saturated carbocycles. The summed E-state index contributed by atoms with van der Waals surface area (Å²) in [6, 6.07) is 5.57. The molecule has 0 saturated heterocycles. The minimum atomic E-state index is 0.550. The molecule has 0 radical (unpaired) electrons. The fourth-order valence-electron chi connectivity index (χ4n) is 1.29. The lowest BCUT2D eigenvalue weighted by Gasteiger charge is -2.09. The van der Waals surface area contributed by atoms with Crippen LogP contribution in [0.15, 0.2) is 33.3 Å². The van der Waals surface area contributed by atoms with Crippen molar-refractivity contribution < 1.29 is 0 Å². The van der Waals surface area contributed by atoms with Crippen LogP contribution >= 0.6 is 43.5 Å². The molecule has 18 heavy (non-hydrogen) atoms. The van der Waals surface area contributed by atoms with Crippen molar-refractivity contribution >= 4 is 60.9 Å². The molecule has 0 amide bonds. The van der Waals surface area contributed by atoms with E-state index in [1.54, 1.807) is 13.2 Å². The molecule has 2 aromatic rings. The van der Waals surface area contributed by atoms with Gasteiger partial charge in [0.2, 0.25) is 5.95 Å². The first kappa shape index (κ1) is 13.6. The van der Waals surface area contributed by atoms with E-state index in [9.17, 15) is 0 Å². The van der Waals surface area contributed by atoms with Crippen LogP contribution < -0.4 is 10.6 Å². The molecular formula is C11H9Br2ClN4. The Bertz CT molecular complexity index is 577. The van der Waals surface area contributed by atoms with Gasteiger partial charge in [-0.15, -0.1) is 0 Å². The van der Waals surface area contributed by atoms with Gasteiger partial charge in [-0.25, -0.2) is 4.98 Å². The summed E-state index contributed by atoms with van der Waals surface area (Å²) in [4.78, 5) is 8.40. The van der Waals surface area contributed by atoms with Gasteiger partial charge in [0.25, 0.3) is 0 Å². The summed E-state index contributed by atoms with van der Waals surface area (Å²) < 4.78 is 1.61. The van der Waals surface area contributed by atoms with Crippen molar-refractivity contribution in [2.75, 3.05) is 17.7 Å². The van der Waals surface area contributed by atoms with E-state index in [4.69, 9.17) is 11.6 Å². The van der Waals surface area contributed by atoms with Crippen LogP contribution in [0, 0.1) is 0 Å². The molecule has 0 fully saturated rings. The Balaban J connectivity index is 2.30. The summed E-state index contributed by atoms with van der Waals surface area (Å²) in [7, 11) is 1.77. The zero-order valence-electron chi connectivity index (χ0n) is 9.34. The van der Waals surface area contributed by atoms with E-state index in [0.29, 0.717) is 16.8 Å². The highest BCUT2D eigenvalue weighted by molar-refractivity contribution is 9.11. The van der Waals surface area contributed by atoms with E-state index in [0.717, 1.165) is 14.6 Å². The normalized spacial score (nSPS) is 10.2. The molecule has 7 heteroatoms. The minimum Gasteiger partial charge on any atom is -0.357 e. The molecule has 2 rings (SSSR count). The van der Waals surface area contributed by atoms with Crippen molar-refractivity contribution in [3.63, 3.8) is 0 Å². The molecular weight excluding hydrogens is 383 g/mol. The Morgan fingerprint density at radius 2 is 2.00 bits per heavy atom. The van der Waals surface area contributed by atoms with Crippen molar-refractivity contribution in [3.05, 3.63) is 38.4 Å². The number of nitrogens with one attached hydrogen (secondary N) is 2. The standard InChI is InChI=1S/C11H9Br2ClN4/c1-15-11-16-5-8(13)10(18-11)17-6-2-3-9(14)7(12)4-6/h2-5H,1H3,(H2,15,16,17,18). The van der Waals surface area contributed by atoms with E-state index in [1.165, 1.54) is 0 Å². The van der Waals surface area contributed by atoms with Gasteiger partial charge in [0.1, 0.15) is 5.82 Å². The van der Waals surface area contributed by atoms with Crippen LogP contribution in [0.1, 0.15) is 0 Å². The summed E-state index contributed by atoms with van der Waals surface area (Å²) in [6.07, 6.45) is 1.69. The summed E-state index contributed by atoms with van der Waals surface area (Å²) in [5, 5.41) is 6.74. The first-order chi connectivity index (χ1) is 8.60. The van der Waals surface area contributed by atoms with Crippen LogP contribution in [0.25, 0.3) is 0 Å². The summed E-state index contributed by atoms with van der Waals surface area (Å²) >= 11 is 12.7. The summed E-state index contributed by atoms with van der Waals surface area (Å²) in [5.41, 5.74) is 0.882. The Kier molecular flexibility index (Phi) is 4.42. The Morgan fingerprint density at radius 1 is 1.22 bits per heavy atom. The third kappa shape index (κ3) is 3.13. The lowest BCUT2D eigenvalue weighted by atomic mass is 10.3. The molecule has 1 aromatic heterocycles. The van der Waals surface area contributed by atoms with Gasteiger partial charge in [-0.1, -0.05) is 11.6 Å². The highest BCUT2D eigenvalue weighted by Crippen LogP contribution is 2.29. The zero-order valence-corrected chi connectivity index (χ0v) is 13.3. The Morgan fingerprint density at radius 3 is 2.67 bits per heavy atom. The molecule has 1 aromatic carbocycles. The SMILES string of the molecule is CNc1ncc(Br)c(Nc2ccc(Cl)c(Br)c2)n1. The van der Waals surface area contributed by atoms with Gasteiger partial charge < -0.3 is 10.6 Å². The number of benzene rings is 1. The average Bonchev–Trinajstić information content (AvgIpc) is 2.36. The predicted octanol–water partition coefficient (Wildman–Crippen LogP) is 4.44. The van der Waals surface area contributed by atoms with Gasteiger partial charge in [-0.2, -0.15) is 4.98 Å². The van der Waals surface area contributed by atoms with Crippen LogP contribution in [-0.2, 0) is 0 Å². The maximum atomic E-state index is 5.94. The van der Waals surface area contributed by atoms with Crippen molar-refractivity contribution in [1.29, 1.82) is 0 Å². The lowest BCUT2D eigenvalue weighted by Crippen LogP contribution is -2.01. The van der Waals surface area contributed by atoms with Gasteiger partial charge in [0, 0.05) is 23.4 Å². The number of hydrogen-bond donors (Lipinski definition) is 2. The molecule has 2 N–H and O–H groups in total. The lowest BCUT2D eigenvalue weighted by molar-refractivity contribution is 1.14. The molecule has 4 nitrogen and oxygen atoms in total. The molecule has 0 aliphatic carbocycles. The molecule has 0 atom stereocenters. The van der Waals surface area contributed by atoms with E-state index < -0.39 is 0 Å². The van der Waals surface area contributed by atoms with E-state index in [-0.39, 0.29) is 0 Å². The quantitative estimate of drug-likeness (QED) is 0.811. The van der Waals surface area contributed by atoms with Crippen molar-refractivity contribution in [2.24, 2.45) is 0 Å². The van der Waals surface area contributed by atoms with E-state index in [1.807, 2.05) is 18.2 Å². The third-order valence-electron chi connectivity index (χ3n) is 2.15. The maximum Gasteiger partial charge on any atom is 0.224 e. The maximum absolute atomic E-state index is 5.94. The minimum absolute atomic E-state index is 0.550. The van der Waals surface area contributed by atoms with Crippen LogP contribution in [0.4, 0.5) is 17.5 Å². The largest absolute Gasteiger partial charge is 0.357 e. The topological polar surface area (TPSA) is 49.8 Å². The monoisotopic (exact) mass is 390 g/mol. The van der Waals surface area contributed by atoms with Gasteiger partial charge >= 0.3 is 0 Å². The number of rotatable bonds is 3. The van der Waals surface area contributed by atoms with Crippen LogP contribution in [0.3, 0.4) is 0 Å². The van der Waals surface area contributed by atoms with Crippen molar-refractivity contribution in [3.8, 4) is 0 Å². The molecule has 0 spiro atoms. The number of nitrogens with zero attached hydrogens (tertiary/aromatic N) is 2. The van der Waals surface area contributed by atoms with Crippen molar-refractivity contribution in [1.82, 2.24) is 9.97 Å². The highest BCUT2D eigenvalue weighted by Gasteiger charge is 2.06. The first-order valence-corrected chi connectivity index (χ1v) is 6.99. The van der Waals surface area contributed by atoms with Crippen LogP contribution in [0.2, 0.25) is 5.02 Å². The fraction of sp³-hybridized carbons (Fsp3) is 0.0909. The summed E-state index contributed by atoms with van der Waals surface area (Å²) in [6.45, 7) is 0.